The highest BCUT2D eigenvalue weighted by Gasteiger charge is 2.30. The van der Waals surface area contributed by atoms with Gasteiger partial charge in [-0.15, -0.1) is 0 Å². The van der Waals surface area contributed by atoms with E-state index in [0.29, 0.717) is 25.7 Å². The topological polar surface area (TPSA) is 237 Å². The van der Waals surface area contributed by atoms with E-state index in [4.69, 9.17) is 37.0 Å². The molecule has 0 aromatic heterocycles. The SMILES string of the molecule is CCCCCCCCCCCCCCCCCCCCC(=O)O[C@H](COC(=O)CCCCCCCCCCCCCCCC(C)C)COP(=O)(O)OC[C@@H](O)COP(=O)(O)OC[C@@H](COC(=O)CCCCCCCCCCCC(C)C)OC(=O)CCCCCCCCCCCCCCCCCC. The van der Waals surface area contributed by atoms with Crippen LogP contribution < -0.4 is 0 Å². The summed E-state index contributed by atoms with van der Waals surface area (Å²) in [4.78, 5) is 73.2. The first-order valence-corrected chi connectivity index (χ1v) is 46.0. The minimum absolute atomic E-state index is 0.108. The fourth-order valence-corrected chi connectivity index (χ4v) is 14.5. The predicted octanol–water partition coefficient (Wildman–Crippen LogP) is 25.1. The molecular formula is C83H162O17P2. The molecule has 102 heavy (non-hydrogen) atoms. The second kappa shape index (κ2) is 74.5. The largest absolute Gasteiger partial charge is 0.472 e. The summed E-state index contributed by atoms with van der Waals surface area (Å²) in [5, 5.41) is 10.7. The van der Waals surface area contributed by atoms with Gasteiger partial charge in [0.2, 0.25) is 0 Å². The molecule has 3 N–H and O–H groups in total. The highest BCUT2D eigenvalue weighted by atomic mass is 31.2. The lowest BCUT2D eigenvalue weighted by Crippen LogP contribution is -2.30. The number of hydrogen-bond donors (Lipinski definition) is 3. The van der Waals surface area contributed by atoms with Gasteiger partial charge in [0.05, 0.1) is 26.4 Å². The molecule has 0 aromatic rings. The maximum atomic E-state index is 13.1. The van der Waals surface area contributed by atoms with Crippen molar-refractivity contribution >= 4 is 39.5 Å². The van der Waals surface area contributed by atoms with Crippen molar-refractivity contribution in [3.8, 4) is 0 Å². The van der Waals surface area contributed by atoms with E-state index in [1.54, 1.807) is 0 Å². The number of aliphatic hydroxyl groups is 1. The number of phosphoric ester groups is 2. The van der Waals surface area contributed by atoms with Gasteiger partial charge in [0, 0.05) is 25.7 Å². The molecule has 0 aliphatic rings. The van der Waals surface area contributed by atoms with Crippen molar-refractivity contribution < 1.29 is 80.2 Å². The van der Waals surface area contributed by atoms with E-state index in [0.717, 1.165) is 102 Å². The van der Waals surface area contributed by atoms with Gasteiger partial charge < -0.3 is 33.8 Å². The number of unbranched alkanes of at least 4 members (excludes halogenated alkanes) is 52. The third-order valence-electron chi connectivity index (χ3n) is 19.5. The Morgan fingerprint density at radius 1 is 0.265 bits per heavy atom. The monoisotopic (exact) mass is 1490 g/mol. The standard InChI is InChI=1S/C83H162O17P2/c1-7-9-11-13-15-17-19-21-23-25-26-28-32-37-43-50-56-62-68-82(87)99-78(71-93-80(85)65-59-53-47-41-35-33-29-30-34-39-45-51-57-63-75(3)4)73-97-101(89,90)95-69-77(84)70-96-102(91,92)98-74-79(72-94-81(86)66-60-54-48-44-38-40-46-52-58-64-76(5)6)100-83(88)67-61-55-49-42-36-31-27-24-22-20-18-16-14-12-10-8-2/h75-79,84H,7-74H2,1-6H3,(H,89,90)(H,91,92)/t77-,78-,79-/m1/s1. The van der Waals surface area contributed by atoms with Gasteiger partial charge in [-0.2, -0.15) is 0 Å². The zero-order chi connectivity index (χ0) is 74.9. The van der Waals surface area contributed by atoms with Crippen LogP contribution in [0.3, 0.4) is 0 Å². The minimum atomic E-state index is -4.96. The lowest BCUT2D eigenvalue weighted by molar-refractivity contribution is -0.161. The normalized spacial score (nSPS) is 13.9. The Bertz CT molecular complexity index is 1960. The summed E-state index contributed by atoms with van der Waals surface area (Å²) in [5.41, 5.74) is 0. The average molecular weight is 1490 g/mol. The molecule has 17 nitrogen and oxygen atoms in total. The number of hydrogen-bond acceptors (Lipinski definition) is 15. The number of phosphoric acid groups is 2. The van der Waals surface area contributed by atoms with Crippen molar-refractivity contribution in [2.24, 2.45) is 11.8 Å². The van der Waals surface area contributed by atoms with Crippen molar-refractivity contribution in [3.05, 3.63) is 0 Å². The Balaban J connectivity index is 5.26. The molecule has 0 spiro atoms. The summed E-state index contributed by atoms with van der Waals surface area (Å²) >= 11 is 0. The van der Waals surface area contributed by atoms with Gasteiger partial charge in [0.1, 0.15) is 19.3 Å². The number of aliphatic hydroxyl groups excluding tert-OH is 1. The summed E-state index contributed by atoms with van der Waals surface area (Å²) in [7, 11) is -9.92. The number of carbonyl (C=O) groups excluding carboxylic acids is 4. The number of rotatable bonds is 82. The van der Waals surface area contributed by atoms with Gasteiger partial charge in [-0.3, -0.25) is 37.3 Å². The number of esters is 4. The van der Waals surface area contributed by atoms with E-state index in [1.165, 1.54) is 257 Å². The second-order valence-corrected chi connectivity index (χ2v) is 33.7. The van der Waals surface area contributed by atoms with Crippen LogP contribution in [0, 0.1) is 11.8 Å². The summed E-state index contributed by atoms with van der Waals surface area (Å²) in [6.07, 6.45) is 65.1. The Labute approximate surface area is 626 Å². The average Bonchev–Trinajstić information content (AvgIpc) is 0.916. The molecule has 0 fully saturated rings. The lowest BCUT2D eigenvalue weighted by atomic mass is 10.0. The van der Waals surface area contributed by atoms with Crippen LogP contribution in [0.15, 0.2) is 0 Å². The van der Waals surface area contributed by atoms with Gasteiger partial charge in [-0.25, -0.2) is 9.13 Å². The molecule has 0 aromatic carbocycles. The van der Waals surface area contributed by atoms with E-state index in [2.05, 4.69) is 41.5 Å². The Morgan fingerprint density at radius 3 is 0.667 bits per heavy atom. The van der Waals surface area contributed by atoms with E-state index in [-0.39, 0.29) is 25.7 Å². The zero-order valence-electron chi connectivity index (χ0n) is 66.9. The molecule has 606 valence electrons. The molecule has 0 rings (SSSR count). The molecule has 19 heteroatoms. The molecule has 0 heterocycles. The fraction of sp³-hybridized carbons (Fsp3) is 0.952. The van der Waals surface area contributed by atoms with E-state index >= 15 is 0 Å². The van der Waals surface area contributed by atoms with Crippen molar-refractivity contribution in [2.75, 3.05) is 39.6 Å². The van der Waals surface area contributed by atoms with Crippen LogP contribution >= 0.6 is 15.6 Å². The van der Waals surface area contributed by atoms with Crippen LogP contribution in [0.2, 0.25) is 0 Å². The molecule has 5 atom stereocenters. The molecular weight excluding hydrogens is 1330 g/mol. The maximum absolute atomic E-state index is 13.1. The molecule has 0 saturated carbocycles. The second-order valence-electron chi connectivity index (χ2n) is 30.8. The van der Waals surface area contributed by atoms with E-state index in [1.807, 2.05) is 0 Å². The van der Waals surface area contributed by atoms with Crippen molar-refractivity contribution in [3.63, 3.8) is 0 Å². The van der Waals surface area contributed by atoms with E-state index < -0.39 is 97.5 Å². The summed E-state index contributed by atoms with van der Waals surface area (Å²) in [6, 6.07) is 0. The van der Waals surface area contributed by atoms with Crippen LogP contribution in [-0.4, -0.2) is 96.7 Å². The summed E-state index contributed by atoms with van der Waals surface area (Å²) in [5.74, 6) is -0.569. The highest BCUT2D eigenvalue weighted by molar-refractivity contribution is 7.47. The van der Waals surface area contributed by atoms with Crippen LogP contribution in [0.25, 0.3) is 0 Å². The molecule has 0 radical (unpaired) electrons. The first-order chi connectivity index (χ1) is 49.4. The van der Waals surface area contributed by atoms with Crippen LogP contribution in [0.5, 0.6) is 0 Å². The van der Waals surface area contributed by atoms with Crippen LogP contribution in [-0.2, 0) is 65.4 Å². The van der Waals surface area contributed by atoms with Crippen molar-refractivity contribution in [2.45, 2.75) is 458 Å². The van der Waals surface area contributed by atoms with Crippen molar-refractivity contribution in [1.82, 2.24) is 0 Å². The predicted molar refractivity (Wildman–Crippen MR) is 418 cm³/mol. The number of ether oxygens (including phenoxy) is 4. The minimum Gasteiger partial charge on any atom is -0.462 e. The first-order valence-electron chi connectivity index (χ1n) is 43.0. The summed E-state index contributed by atoms with van der Waals surface area (Å²) in [6.45, 7) is 9.66. The van der Waals surface area contributed by atoms with Gasteiger partial charge in [0.15, 0.2) is 12.2 Å². The molecule has 0 saturated heterocycles. The van der Waals surface area contributed by atoms with Gasteiger partial charge in [-0.1, -0.05) is 388 Å². The molecule has 2 unspecified atom stereocenters. The van der Waals surface area contributed by atoms with Crippen LogP contribution in [0.1, 0.15) is 440 Å². The maximum Gasteiger partial charge on any atom is 0.472 e. The molecule has 0 bridgehead atoms. The molecule has 0 aliphatic carbocycles. The Kier molecular flexibility index (Phi) is 73.1. The Hall–Kier alpha value is -1.94. The third kappa shape index (κ3) is 76.3. The quantitative estimate of drug-likeness (QED) is 0.0222. The summed E-state index contributed by atoms with van der Waals surface area (Å²) < 4.78 is 68.8. The van der Waals surface area contributed by atoms with Gasteiger partial charge >= 0.3 is 39.5 Å². The van der Waals surface area contributed by atoms with E-state index in [9.17, 15) is 43.2 Å². The smallest absolute Gasteiger partial charge is 0.462 e. The fourth-order valence-electron chi connectivity index (χ4n) is 12.9. The number of carbonyl (C=O) groups is 4. The van der Waals surface area contributed by atoms with Crippen molar-refractivity contribution in [1.29, 1.82) is 0 Å². The zero-order valence-corrected chi connectivity index (χ0v) is 68.7. The highest BCUT2D eigenvalue weighted by Crippen LogP contribution is 2.45. The molecule has 0 aliphatic heterocycles. The third-order valence-corrected chi connectivity index (χ3v) is 21.4. The molecule has 0 amide bonds. The first kappa shape index (κ1) is 100. The Morgan fingerprint density at radius 2 is 0.451 bits per heavy atom. The van der Waals surface area contributed by atoms with Crippen LogP contribution in [0.4, 0.5) is 0 Å². The lowest BCUT2D eigenvalue weighted by Gasteiger charge is -2.21. The van der Waals surface area contributed by atoms with Gasteiger partial charge in [-0.05, 0) is 37.5 Å². The van der Waals surface area contributed by atoms with Gasteiger partial charge in [0.25, 0.3) is 0 Å².